The number of anilines is 3. The molecular weight excluding hydrogens is 364 g/mol. The molecular formula is C19H27ClN6O. The molecule has 1 aliphatic heterocycles. The molecule has 2 aromatic rings. The van der Waals surface area contributed by atoms with Crippen LogP contribution in [0.1, 0.15) is 57.7 Å². The number of aromatic nitrogens is 4. The van der Waals surface area contributed by atoms with E-state index in [4.69, 9.17) is 21.4 Å². The predicted octanol–water partition coefficient (Wildman–Crippen LogP) is 4.71. The maximum atomic E-state index is 6.28. The van der Waals surface area contributed by atoms with Crippen molar-refractivity contribution in [3.05, 3.63) is 16.9 Å². The number of ether oxygens (including phenoxy) is 1. The van der Waals surface area contributed by atoms with Crippen LogP contribution in [0.4, 0.5) is 17.5 Å². The van der Waals surface area contributed by atoms with Crippen molar-refractivity contribution in [2.24, 2.45) is 5.92 Å². The largest absolute Gasteiger partial charge is 0.475 e. The Morgan fingerprint density at radius 2 is 2.00 bits per heavy atom. The molecule has 27 heavy (non-hydrogen) atoms. The Morgan fingerprint density at radius 3 is 2.78 bits per heavy atom. The van der Waals surface area contributed by atoms with Gasteiger partial charge in [0.25, 0.3) is 5.88 Å². The van der Waals surface area contributed by atoms with Gasteiger partial charge in [0.15, 0.2) is 5.82 Å². The molecule has 1 aliphatic carbocycles. The van der Waals surface area contributed by atoms with Crippen molar-refractivity contribution in [2.45, 2.75) is 65.0 Å². The van der Waals surface area contributed by atoms with Crippen molar-refractivity contribution in [3.63, 3.8) is 0 Å². The van der Waals surface area contributed by atoms with E-state index < -0.39 is 0 Å². The van der Waals surface area contributed by atoms with Gasteiger partial charge in [-0.05, 0) is 26.7 Å². The highest BCUT2D eigenvalue weighted by Gasteiger charge is 2.26. The van der Waals surface area contributed by atoms with E-state index >= 15 is 0 Å². The highest BCUT2D eigenvalue weighted by atomic mass is 35.5. The van der Waals surface area contributed by atoms with Crippen molar-refractivity contribution in [3.8, 4) is 5.88 Å². The van der Waals surface area contributed by atoms with E-state index in [9.17, 15) is 0 Å². The van der Waals surface area contributed by atoms with Crippen molar-refractivity contribution in [1.82, 2.24) is 19.7 Å². The maximum Gasteiger partial charge on any atom is 0.257 e. The summed E-state index contributed by atoms with van der Waals surface area (Å²) < 4.78 is 8.27. The topological polar surface area (TPSA) is 76.9 Å². The van der Waals surface area contributed by atoms with Crippen LogP contribution in [0.15, 0.2) is 6.20 Å². The van der Waals surface area contributed by atoms with Gasteiger partial charge in [-0.3, -0.25) is 4.68 Å². The molecule has 8 heteroatoms. The lowest BCUT2D eigenvalue weighted by atomic mass is 9.95. The molecule has 0 radical (unpaired) electrons. The maximum absolute atomic E-state index is 6.28. The molecule has 1 saturated carbocycles. The number of hydrogen-bond donors (Lipinski definition) is 2. The van der Waals surface area contributed by atoms with Crippen LogP contribution in [0.5, 0.6) is 5.88 Å². The quantitative estimate of drug-likeness (QED) is 0.734. The smallest absolute Gasteiger partial charge is 0.257 e. The average molecular weight is 391 g/mol. The molecule has 4 rings (SSSR count). The minimum absolute atomic E-state index is 0.147. The van der Waals surface area contributed by atoms with Gasteiger partial charge in [-0.1, -0.05) is 37.8 Å². The van der Waals surface area contributed by atoms with E-state index in [0.29, 0.717) is 35.3 Å². The highest BCUT2D eigenvalue weighted by molar-refractivity contribution is 6.32. The van der Waals surface area contributed by atoms with Gasteiger partial charge < -0.3 is 15.4 Å². The Bertz CT molecular complexity index is 817. The zero-order valence-electron chi connectivity index (χ0n) is 16.1. The Morgan fingerprint density at radius 1 is 1.22 bits per heavy atom. The molecule has 0 aromatic carbocycles. The molecule has 2 N–H and O–H groups in total. The first-order valence-electron chi connectivity index (χ1n) is 9.81. The van der Waals surface area contributed by atoms with Gasteiger partial charge in [-0.15, -0.1) is 5.10 Å². The van der Waals surface area contributed by atoms with Gasteiger partial charge in [0.05, 0.1) is 24.5 Å². The van der Waals surface area contributed by atoms with Crippen molar-refractivity contribution in [1.29, 1.82) is 0 Å². The third-order valence-corrected chi connectivity index (χ3v) is 6.00. The number of fused-ring (bicyclic) bond motifs is 3. The first kappa shape index (κ1) is 18.3. The molecule has 1 fully saturated rings. The van der Waals surface area contributed by atoms with Crippen LogP contribution < -0.4 is 15.4 Å². The van der Waals surface area contributed by atoms with Gasteiger partial charge in [0, 0.05) is 12.0 Å². The fourth-order valence-corrected chi connectivity index (χ4v) is 3.92. The minimum atomic E-state index is 0.147. The number of nitrogens with zero attached hydrogens (tertiary/aromatic N) is 4. The summed E-state index contributed by atoms with van der Waals surface area (Å²) in [4.78, 5) is 8.90. The monoisotopic (exact) mass is 390 g/mol. The number of nitrogens with one attached hydrogen (secondary N) is 2. The summed E-state index contributed by atoms with van der Waals surface area (Å²) in [6.45, 7) is 6.89. The summed E-state index contributed by atoms with van der Waals surface area (Å²) in [6, 6.07) is 0.581. The molecule has 2 unspecified atom stereocenters. The molecule has 7 nitrogen and oxygen atoms in total. The van der Waals surface area contributed by atoms with Crippen molar-refractivity contribution >= 4 is 29.1 Å². The van der Waals surface area contributed by atoms with Gasteiger partial charge in [0.2, 0.25) is 5.95 Å². The molecule has 146 valence electrons. The van der Waals surface area contributed by atoms with E-state index in [1.54, 1.807) is 6.20 Å². The van der Waals surface area contributed by atoms with E-state index in [-0.39, 0.29) is 12.0 Å². The normalized spacial score (nSPS) is 23.4. The highest BCUT2D eigenvalue weighted by Crippen LogP contribution is 2.37. The Hall–Kier alpha value is -2.02. The molecule has 3 heterocycles. The Kier molecular flexibility index (Phi) is 5.12. The predicted molar refractivity (Wildman–Crippen MR) is 107 cm³/mol. The SMILES string of the molecule is Cc1c2c(nn1C1CCCCC1)OCC(C)C(C)Nc1nc(ncc1Cl)N2. The third-order valence-electron chi connectivity index (χ3n) is 5.72. The van der Waals surface area contributed by atoms with E-state index in [2.05, 4.69) is 46.1 Å². The second-order valence-corrected chi connectivity index (χ2v) is 8.15. The summed E-state index contributed by atoms with van der Waals surface area (Å²) in [5.41, 5.74) is 1.90. The second-order valence-electron chi connectivity index (χ2n) is 7.74. The summed E-state index contributed by atoms with van der Waals surface area (Å²) in [6.07, 6.45) is 7.78. The lowest BCUT2D eigenvalue weighted by Crippen LogP contribution is -2.28. The molecule has 2 bridgehead atoms. The Balaban J connectivity index is 1.74. The lowest BCUT2D eigenvalue weighted by molar-refractivity contribution is 0.233. The van der Waals surface area contributed by atoms with Crippen molar-refractivity contribution < 1.29 is 4.74 Å². The first-order chi connectivity index (χ1) is 13.0. The van der Waals surface area contributed by atoms with Crippen LogP contribution in [-0.4, -0.2) is 32.4 Å². The van der Waals surface area contributed by atoms with E-state index in [0.717, 1.165) is 11.4 Å². The first-order valence-corrected chi connectivity index (χ1v) is 10.2. The standard InChI is InChI=1S/C19H27ClN6O/c1-11-10-27-18-16(13(3)26(25-18)14-7-5-4-6-8-14)23-19-21-9-15(20)17(24-19)22-12(11)2/h9,11-12,14H,4-8,10H2,1-3H3,(H2,21,22,23,24). The number of hydrogen-bond acceptors (Lipinski definition) is 6. The minimum Gasteiger partial charge on any atom is -0.475 e. The fourth-order valence-electron chi connectivity index (χ4n) is 3.77. The summed E-state index contributed by atoms with van der Waals surface area (Å²) in [7, 11) is 0. The van der Waals surface area contributed by atoms with Crippen LogP contribution in [0, 0.1) is 12.8 Å². The van der Waals surface area contributed by atoms with Gasteiger partial charge in [-0.2, -0.15) is 4.98 Å². The van der Waals surface area contributed by atoms with Crippen LogP contribution >= 0.6 is 11.6 Å². The zero-order chi connectivity index (χ0) is 19.0. The van der Waals surface area contributed by atoms with Gasteiger partial charge in [0.1, 0.15) is 10.7 Å². The van der Waals surface area contributed by atoms with Crippen LogP contribution in [0.2, 0.25) is 5.02 Å². The number of halogens is 1. The average Bonchev–Trinajstić information content (AvgIpc) is 2.97. The summed E-state index contributed by atoms with van der Waals surface area (Å²) in [5.74, 6) is 2.00. The van der Waals surface area contributed by atoms with E-state index in [1.807, 2.05) is 0 Å². The summed E-state index contributed by atoms with van der Waals surface area (Å²) >= 11 is 6.28. The van der Waals surface area contributed by atoms with Crippen LogP contribution in [0.3, 0.4) is 0 Å². The number of rotatable bonds is 1. The molecule has 2 atom stereocenters. The molecule has 2 aromatic heterocycles. The summed E-state index contributed by atoms with van der Waals surface area (Å²) in [5, 5.41) is 12.0. The van der Waals surface area contributed by atoms with Gasteiger partial charge >= 0.3 is 0 Å². The van der Waals surface area contributed by atoms with E-state index in [1.165, 1.54) is 32.1 Å². The lowest BCUT2D eigenvalue weighted by Gasteiger charge is -2.23. The molecule has 0 spiro atoms. The fraction of sp³-hybridized carbons (Fsp3) is 0.632. The molecule has 0 amide bonds. The zero-order valence-corrected chi connectivity index (χ0v) is 16.9. The third kappa shape index (κ3) is 3.70. The van der Waals surface area contributed by atoms with Gasteiger partial charge in [-0.25, -0.2) is 4.98 Å². The van der Waals surface area contributed by atoms with Crippen LogP contribution in [0.25, 0.3) is 0 Å². The molecule has 2 aliphatic rings. The Labute approximate surface area is 164 Å². The van der Waals surface area contributed by atoms with Crippen LogP contribution in [-0.2, 0) is 0 Å². The molecule has 0 saturated heterocycles. The van der Waals surface area contributed by atoms with Crippen molar-refractivity contribution in [2.75, 3.05) is 17.2 Å². The second kappa shape index (κ2) is 7.54.